The summed E-state index contributed by atoms with van der Waals surface area (Å²) in [6.07, 6.45) is 0.491. The fraction of sp³-hybridized carbons (Fsp3) is 0.250. The Kier molecular flexibility index (Phi) is 4.26. The van der Waals surface area contributed by atoms with Gasteiger partial charge in [0.15, 0.2) is 0 Å². The van der Waals surface area contributed by atoms with E-state index in [0.29, 0.717) is 4.48 Å². The van der Waals surface area contributed by atoms with E-state index in [4.69, 9.17) is 10.8 Å². The van der Waals surface area contributed by atoms with Gasteiger partial charge in [-0.2, -0.15) is 0 Å². The number of hydrogen-bond acceptors (Lipinski definition) is 2. The fourth-order valence-electron chi connectivity index (χ4n) is 1.52. The zero-order chi connectivity index (χ0) is 12.2. The lowest BCUT2D eigenvalue weighted by atomic mass is 9.89. The van der Waals surface area contributed by atoms with Crippen molar-refractivity contribution in [3.05, 3.63) is 47.0 Å². The smallest absolute Gasteiger partial charge is 0.324 e. The standard InChI is InChI=1S/C12H14BrNO2/c1-9(13)7-12(14,11(15)16)8-10-5-3-2-4-6-10/h2-6H,1,7-8,14H2,(H,15,16). The molecule has 0 bridgehead atoms. The third-order valence-electron chi connectivity index (χ3n) is 2.30. The Hall–Kier alpha value is -1.13. The summed E-state index contributed by atoms with van der Waals surface area (Å²) in [4.78, 5) is 11.2. The van der Waals surface area contributed by atoms with Gasteiger partial charge < -0.3 is 10.8 Å². The Morgan fingerprint density at radius 2 is 2.00 bits per heavy atom. The summed E-state index contributed by atoms with van der Waals surface area (Å²) in [5.41, 5.74) is 5.48. The topological polar surface area (TPSA) is 63.3 Å². The highest BCUT2D eigenvalue weighted by Crippen LogP contribution is 2.22. The van der Waals surface area contributed by atoms with Crippen molar-refractivity contribution in [1.82, 2.24) is 0 Å². The van der Waals surface area contributed by atoms with E-state index in [1.165, 1.54) is 0 Å². The number of carboxylic acids is 1. The van der Waals surface area contributed by atoms with Gasteiger partial charge in [-0.05, 0) is 10.0 Å². The van der Waals surface area contributed by atoms with E-state index in [9.17, 15) is 4.79 Å². The maximum Gasteiger partial charge on any atom is 0.324 e. The molecule has 0 amide bonds. The molecule has 1 aromatic carbocycles. The van der Waals surface area contributed by atoms with E-state index >= 15 is 0 Å². The van der Waals surface area contributed by atoms with Crippen LogP contribution >= 0.6 is 15.9 Å². The molecule has 0 fully saturated rings. The molecular formula is C12H14BrNO2. The average Bonchev–Trinajstić information content (AvgIpc) is 2.17. The minimum atomic E-state index is -1.30. The summed E-state index contributed by atoms with van der Waals surface area (Å²) in [7, 11) is 0. The summed E-state index contributed by atoms with van der Waals surface area (Å²) >= 11 is 3.15. The van der Waals surface area contributed by atoms with Gasteiger partial charge >= 0.3 is 5.97 Å². The van der Waals surface area contributed by atoms with Crippen LogP contribution in [0, 0.1) is 0 Å². The third-order valence-corrected chi connectivity index (χ3v) is 2.58. The number of hydrogen-bond donors (Lipinski definition) is 2. The second kappa shape index (κ2) is 5.27. The van der Waals surface area contributed by atoms with Crippen molar-refractivity contribution in [3.8, 4) is 0 Å². The number of rotatable bonds is 5. The lowest BCUT2D eigenvalue weighted by molar-refractivity contribution is -0.143. The lowest BCUT2D eigenvalue weighted by Crippen LogP contribution is -2.49. The molecule has 0 heterocycles. The zero-order valence-corrected chi connectivity index (χ0v) is 10.4. The summed E-state index contributed by atoms with van der Waals surface area (Å²) in [5.74, 6) is -1.02. The highest BCUT2D eigenvalue weighted by Gasteiger charge is 2.34. The van der Waals surface area contributed by atoms with E-state index in [1.54, 1.807) is 0 Å². The quantitative estimate of drug-likeness (QED) is 0.872. The maximum atomic E-state index is 11.2. The molecule has 0 aliphatic heterocycles. The van der Waals surface area contributed by atoms with Gasteiger partial charge in [0.25, 0.3) is 0 Å². The molecule has 0 spiro atoms. The van der Waals surface area contributed by atoms with Gasteiger partial charge in [0.2, 0.25) is 0 Å². The summed E-state index contributed by atoms with van der Waals surface area (Å²) in [6.45, 7) is 3.64. The monoisotopic (exact) mass is 283 g/mol. The molecule has 1 rings (SSSR count). The highest BCUT2D eigenvalue weighted by molar-refractivity contribution is 9.11. The van der Waals surface area contributed by atoms with Gasteiger partial charge in [0.05, 0.1) is 0 Å². The Balaban J connectivity index is 2.87. The molecule has 3 N–H and O–H groups in total. The molecule has 0 radical (unpaired) electrons. The first-order chi connectivity index (χ1) is 7.44. The van der Waals surface area contributed by atoms with Crippen LogP contribution < -0.4 is 5.73 Å². The van der Waals surface area contributed by atoms with Crippen molar-refractivity contribution in [3.63, 3.8) is 0 Å². The molecule has 86 valence electrons. The molecule has 1 unspecified atom stereocenters. The predicted octanol–water partition coefficient (Wildman–Crippen LogP) is 2.31. The van der Waals surface area contributed by atoms with Crippen LogP contribution in [-0.4, -0.2) is 16.6 Å². The second-order valence-corrected chi connectivity index (χ2v) is 4.94. The van der Waals surface area contributed by atoms with E-state index in [2.05, 4.69) is 22.5 Å². The number of carbonyl (C=O) groups is 1. The van der Waals surface area contributed by atoms with Crippen molar-refractivity contribution in [2.75, 3.05) is 0 Å². The number of aliphatic carboxylic acids is 1. The van der Waals surface area contributed by atoms with Crippen molar-refractivity contribution in [2.24, 2.45) is 5.73 Å². The average molecular weight is 284 g/mol. The molecule has 0 saturated heterocycles. The number of carboxylic acid groups (broad SMARTS) is 1. The van der Waals surface area contributed by atoms with E-state index < -0.39 is 11.5 Å². The largest absolute Gasteiger partial charge is 0.480 e. The van der Waals surface area contributed by atoms with Crippen LogP contribution in [0.4, 0.5) is 0 Å². The van der Waals surface area contributed by atoms with Crippen molar-refractivity contribution in [1.29, 1.82) is 0 Å². The number of nitrogens with two attached hydrogens (primary N) is 1. The van der Waals surface area contributed by atoms with Crippen LogP contribution in [0.3, 0.4) is 0 Å². The molecule has 0 aliphatic rings. The minimum absolute atomic E-state index is 0.206. The van der Waals surface area contributed by atoms with Gasteiger partial charge in [0.1, 0.15) is 5.54 Å². The summed E-state index contributed by atoms with van der Waals surface area (Å²) in [5, 5.41) is 9.16. The van der Waals surface area contributed by atoms with Crippen molar-refractivity contribution in [2.45, 2.75) is 18.4 Å². The van der Waals surface area contributed by atoms with Gasteiger partial charge in [-0.25, -0.2) is 0 Å². The summed E-state index contributed by atoms with van der Waals surface area (Å²) < 4.78 is 0.591. The molecule has 1 atom stereocenters. The van der Waals surface area contributed by atoms with Crippen LogP contribution in [0.15, 0.2) is 41.4 Å². The summed E-state index contributed by atoms with van der Waals surface area (Å²) in [6, 6.07) is 9.33. The Labute approximate surface area is 103 Å². The van der Waals surface area contributed by atoms with Crippen molar-refractivity contribution >= 4 is 21.9 Å². The van der Waals surface area contributed by atoms with Crippen LogP contribution in [-0.2, 0) is 11.2 Å². The number of benzene rings is 1. The first kappa shape index (κ1) is 12.9. The second-order valence-electron chi connectivity index (χ2n) is 3.82. The predicted molar refractivity (Wildman–Crippen MR) is 67.4 cm³/mol. The third kappa shape index (κ3) is 3.47. The van der Waals surface area contributed by atoms with E-state index in [-0.39, 0.29) is 12.8 Å². The molecule has 1 aromatic rings. The molecule has 4 heteroatoms. The van der Waals surface area contributed by atoms with Gasteiger partial charge in [-0.15, -0.1) is 0 Å². The fourth-order valence-corrected chi connectivity index (χ4v) is 2.02. The first-order valence-corrected chi connectivity index (χ1v) is 5.63. The van der Waals surface area contributed by atoms with Gasteiger partial charge in [-0.3, -0.25) is 4.79 Å². The Morgan fingerprint density at radius 1 is 1.44 bits per heavy atom. The minimum Gasteiger partial charge on any atom is -0.480 e. The molecular weight excluding hydrogens is 270 g/mol. The molecule has 0 aliphatic carbocycles. The van der Waals surface area contributed by atoms with Crippen LogP contribution in [0.1, 0.15) is 12.0 Å². The van der Waals surface area contributed by atoms with Gasteiger partial charge in [0, 0.05) is 12.8 Å². The van der Waals surface area contributed by atoms with E-state index in [1.807, 2.05) is 30.3 Å². The lowest BCUT2D eigenvalue weighted by Gasteiger charge is -2.24. The molecule has 16 heavy (non-hydrogen) atoms. The van der Waals surface area contributed by atoms with Crippen LogP contribution in [0.2, 0.25) is 0 Å². The zero-order valence-electron chi connectivity index (χ0n) is 8.82. The Bertz CT molecular complexity index is 391. The van der Waals surface area contributed by atoms with Crippen molar-refractivity contribution < 1.29 is 9.90 Å². The van der Waals surface area contributed by atoms with Crippen LogP contribution in [0.5, 0.6) is 0 Å². The molecule has 0 aromatic heterocycles. The normalized spacial score (nSPS) is 14.1. The van der Waals surface area contributed by atoms with Crippen LogP contribution in [0.25, 0.3) is 0 Å². The van der Waals surface area contributed by atoms with Gasteiger partial charge in [-0.1, -0.05) is 52.8 Å². The maximum absolute atomic E-state index is 11.2. The number of halogens is 1. The SMILES string of the molecule is C=C(Br)CC(N)(Cc1ccccc1)C(=O)O. The van der Waals surface area contributed by atoms with E-state index in [0.717, 1.165) is 5.56 Å². The first-order valence-electron chi connectivity index (χ1n) is 4.83. The Morgan fingerprint density at radius 3 is 2.44 bits per heavy atom. The molecule has 3 nitrogen and oxygen atoms in total. The molecule has 0 saturated carbocycles. The highest BCUT2D eigenvalue weighted by atomic mass is 79.9.